The Hall–Kier alpha value is -3.28. The number of carbonyl (C=O) groups is 1. The van der Waals surface area contributed by atoms with E-state index in [9.17, 15) is 13.6 Å². The molecule has 0 aliphatic carbocycles. The summed E-state index contributed by atoms with van der Waals surface area (Å²) in [5.41, 5.74) is 1.83. The summed E-state index contributed by atoms with van der Waals surface area (Å²) in [6.07, 6.45) is 2.31. The molecule has 0 atom stereocenters. The summed E-state index contributed by atoms with van der Waals surface area (Å²) in [5.74, 6) is -1.75. The average molecular weight is 353 g/mol. The van der Waals surface area contributed by atoms with Gasteiger partial charge in [-0.3, -0.25) is 4.79 Å². The lowest BCUT2D eigenvalue weighted by Gasteiger charge is -2.09. The van der Waals surface area contributed by atoms with Crippen molar-refractivity contribution in [2.24, 2.45) is 0 Å². The van der Waals surface area contributed by atoms with E-state index in [4.69, 9.17) is 0 Å². The summed E-state index contributed by atoms with van der Waals surface area (Å²) < 4.78 is 27.2. The molecule has 0 saturated carbocycles. The molecule has 0 fully saturated rings. The fourth-order valence-electron chi connectivity index (χ4n) is 2.38. The Kier molecular flexibility index (Phi) is 5.22. The maximum Gasteiger partial charge on any atom is 0.257 e. The summed E-state index contributed by atoms with van der Waals surface area (Å²) in [7, 11) is 0. The molecule has 2 N–H and O–H groups in total. The van der Waals surface area contributed by atoms with Crippen molar-refractivity contribution in [3.8, 4) is 0 Å². The Balaban J connectivity index is 1.69. The van der Waals surface area contributed by atoms with Crippen molar-refractivity contribution in [1.29, 1.82) is 0 Å². The number of para-hydroxylation sites is 1. The third kappa shape index (κ3) is 4.03. The van der Waals surface area contributed by atoms with Gasteiger partial charge in [0.1, 0.15) is 23.1 Å². The Morgan fingerprint density at radius 3 is 2.27 bits per heavy atom. The summed E-state index contributed by atoms with van der Waals surface area (Å²) in [5, 5.41) is 5.35. The Bertz CT molecular complexity index is 889. The third-order valence-electron chi connectivity index (χ3n) is 3.86. The number of aryl methyl sites for hydroxylation is 1. The van der Waals surface area contributed by atoms with Crippen LogP contribution in [0.5, 0.6) is 0 Å². The Morgan fingerprint density at radius 2 is 1.69 bits per heavy atom. The number of hydrogen-bond acceptors (Lipinski definition) is 3. The zero-order valence-corrected chi connectivity index (χ0v) is 14.1. The van der Waals surface area contributed by atoms with Gasteiger partial charge in [0, 0.05) is 11.9 Å². The molecule has 0 bridgehead atoms. The Morgan fingerprint density at radius 1 is 1.00 bits per heavy atom. The lowest BCUT2D eigenvalue weighted by atomic mass is 10.1. The molecule has 4 nitrogen and oxygen atoms in total. The van der Waals surface area contributed by atoms with Gasteiger partial charge in [0.05, 0.1) is 5.56 Å². The smallest absolute Gasteiger partial charge is 0.257 e. The maximum atomic E-state index is 13.6. The van der Waals surface area contributed by atoms with Crippen molar-refractivity contribution in [2.45, 2.75) is 13.3 Å². The van der Waals surface area contributed by atoms with Crippen LogP contribution in [0.2, 0.25) is 0 Å². The fraction of sp³-hybridized carbons (Fsp3) is 0.100. The third-order valence-corrected chi connectivity index (χ3v) is 3.86. The molecule has 0 spiro atoms. The minimum atomic E-state index is -0.833. The van der Waals surface area contributed by atoms with E-state index in [1.165, 1.54) is 23.9 Å². The van der Waals surface area contributed by atoms with Gasteiger partial charge in [-0.15, -0.1) is 0 Å². The van der Waals surface area contributed by atoms with E-state index in [0.717, 1.165) is 24.2 Å². The van der Waals surface area contributed by atoms with Crippen LogP contribution in [-0.2, 0) is 6.42 Å². The normalized spacial score (nSPS) is 10.4. The maximum absolute atomic E-state index is 13.6. The van der Waals surface area contributed by atoms with Gasteiger partial charge in [-0.1, -0.05) is 25.1 Å². The molecule has 0 saturated heterocycles. The molecule has 26 heavy (non-hydrogen) atoms. The van der Waals surface area contributed by atoms with Gasteiger partial charge in [-0.25, -0.2) is 13.8 Å². The van der Waals surface area contributed by atoms with E-state index in [0.29, 0.717) is 5.82 Å². The number of anilines is 3. The summed E-state index contributed by atoms with van der Waals surface area (Å²) in [6, 6.07) is 14.5. The molecule has 0 radical (unpaired) electrons. The van der Waals surface area contributed by atoms with Crippen LogP contribution in [0.3, 0.4) is 0 Å². The highest BCUT2D eigenvalue weighted by molar-refractivity contribution is 6.04. The molecule has 6 heteroatoms. The number of pyridine rings is 1. The predicted octanol–water partition coefficient (Wildman–Crippen LogP) is 4.92. The molecule has 1 heterocycles. The number of nitrogens with one attached hydrogen (secondary N) is 2. The van der Waals surface area contributed by atoms with Crippen LogP contribution < -0.4 is 10.6 Å². The number of rotatable bonds is 5. The van der Waals surface area contributed by atoms with E-state index in [1.54, 1.807) is 6.07 Å². The van der Waals surface area contributed by atoms with Crippen molar-refractivity contribution in [3.05, 3.63) is 83.6 Å². The average Bonchev–Trinajstić information content (AvgIpc) is 2.66. The van der Waals surface area contributed by atoms with Gasteiger partial charge < -0.3 is 10.6 Å². The van der Waals surface area contributed by atoms with Crippen LogP contribution in [0.4, 0.5) is 26.0 Å². The van der Waals surface area contributed by atoms with Crippen molar-refractivity contribution in [3.63, 3.8) is 0 Å². The number of nitrogens with zero attached hydrogens (tertiary/aromatic N) is 1. The van der Waals surface area contributed by atoms with Gasteiger partial charge in [-0.05, 0) is 48.4 Å². The highest BCUT2D eigenvalue weighted by Gasteiger charge is 2.13. The largest absolute Gasteiger partial charge is 0.340 e. The first-order valence-electron chi connectivity index (χ1n) is 8.14. The minimum absolute atomic E-state index is 0.194. The van der Waals surface area contributed by atoms with Crippen molar-refractivity contribution in [1.82, 2.24) is 4.98 Å². The monoisotopic (exact) mass is 353 g/mol. The zero-order chi connectivity index (χ0) is 18.5. The number of carbonyl (C=O) groups excluding carboxylic acids is 1. The number of amides is 1. The van der Waals surface area contributed by atoms with Gasteiger partial charge in [-0.2, -0.15) is 0 Å². The summed E-state index contributed by atoms with van der Waals surface area (Å²) >= 11 is 0. The fourth-order valence-corrected chi connectivity index (χ4v) is 2.38. The number of halogens is 2. The van der Waals surface area contributed by atoms with Crippen LogP contribution in [0, 0.1) is 11.6 Å². The first-order chi connectivity index (χ1) is 12.6. The van der Waals surface area contributed by atoms with E-state index in [1.807, 2.05) is 24.3 Å². The molecule has 1 amide bonds. The van der Waals surface area contributed by atoms with E-state index < -0.39 is 23.2 Å². The SMILES string of the molecule is CCc1ccc(Nc2ccc(C(=O)Nc3c(F)cccc3F)cn2)cc1. The van der Waals surface area contributed by atoms with E-state index >= 15 is 0 Å². The molecular weight excluding hydrogens is 336 g/mol. The lowest BCUT2D eigenvalue weighted by Crippen LogP contribution is -2.14. The quantitative estimate of drug-likeness (QED) is 0.685. The van der Waals surface area contributed by atoms with Crippen LogP contribution in [0.1, 0.15) is 22.8 Å². The number of benzene rings is 2. The van der Waals surface area contributed by atoms with Crippen molar-refractivity contribution in [2.75, 3.05) is 10.6 Å². The molecule has 3 rings (SSSR count). The van der Waals surface area contributed by atoms with Crippen LogP contribution >= 0.6 is 0 Å². The highest BCUT2D eigenvalue weighted by Crippen LogP contribution is 2.20. The second-order valence-electron chi connectivity index (χ2n) is 5.66. The Labute approximate surface area is 149 Å². The van der Waals surface area contributed by atoms with Crippen LogP contribution in [-0.4, -0.2) is 10.9 Å². The molecule has 0 unspecified atom stereocenters. The second-order valence-corrected chi connectivity index (χ2v) is 5.66. The number of aromatic nitrogens is 1. The molecule has 2 aromatic carbocycles. The van der Waals surface area contributed by atoms with E-state index in [2.05, 4.69) is 22.5 Å². The minimum Gasteiger partial charge on any atom is -0.340 e. The zero-order valence-electron chi connectivity index (χ0n) is 14.1. The highest BCUT2D eigenvalue weighted by atomic mass is 19.1. The number of hydrogen-bond donors (Lipinski definition) is 2. The topological polar surface area (TPSA) is 54.0 Å². The van der Waals surface area contributed by atoms with Crippen molar-refractivity contribution >= 4 is 23.1 Å². The molecule has 132 valence electrons. The van der Waals surface area contributed by atoms with Gasteiger partial charge in [0.15, 0.2) is 0 Å². The molecular formula is C20H17F2N3O. The second kappa shape index (κ2) is 7.74. The van der Waals surface area contributed by atoms with Crippen LogP contribution in [0.25, 0.3) is 0 Å². The predicted molar refractivity (Wildman–Crippen MR) is 97.7 cm³/mol. The summed E-state index contributed by atoms with van der Waals surface area (Å²) in [6.45, 7) is 2.08. The standard InChI is InChI=1S/C20H17F2N3O/c1-2-13-6-9-15(10-7-13)24-18-11-8-14(12-23-18)20(26)25-19-16(21)4-3-5-17(19)22/h3-12H,2H2,1H3,(H,23,24)(H,25,26). The summed E-state index contributed by atoms with van der Waals surface area (Å²) in [4.78, 5) is 16.3. The first kappa shape index (κ1) is 17.5. The van der Waals surface area contributed by atoms with Crippen LogP contribution in [0.15, 0.2) is 60.8 Å². The van der Waals surface area contributed by atoms with Crippen molar-refractivity contribution < 1.29 is 13.6 Å². The van der Waals surface area contributed by atoms with E-state index in [-0.39, 0.29) is 5.56 Å². The molecule has 0 aliphatic heterocycles. The van der Waals surface area contributed by atoms with Gasteiger partial charge >= 0.3 is 0 Å². The van der Waals surface area contributed by atoms with Gasteiger partial charge in [0.2, 0.25) is 0 Å². The molecule has 0 aliphatic rings. The first-order valence-corrected chi connectivity index (χ1v) is 8.14. The van der Waals surface area contributed by atoms with Gasteiger partial charge in [0.25, 0.3) is 5.91 Å². The molecule has 1 aromatic heterocycles. The molecule has 3 aromatic rings. The lowest BCUT2D eigenvalue weighted by molar-refractivity contribution is 0.102.